The highest BCUT2D eigenvalue weighted by atomic mass is 32.2. The topological polar surface area (TPSA) is 36.7 Å². The first kappa shape index (κ1) is 18.9. The van der Waals surface area contributed by atoms with Crippen molar-refractivity contribution in [3.8, 4) is 28.5 Å². The van der Waals surface area contributed by atoms with Crippen molar-refractivity contribution < 1.29 is 4.39 Å². The second-order valence-corrected chi connectivity index (χ2v) is 7.42. The summed E-state index contributed by atoms with van der Waals surface area (Å²) >= 11 is 1.38. The van der Waals surface area contributed by atoms with E-state index >= 15 is 0 Å². The molecule has 2 nitrogen and oxygen atoms in total. The molecule has 0 N–H and O–H groups in total. The van der Waals surface area contributed by atoms with E-state index in [1.807, 2.05) is 72.8 Å². The van der Waals surface area contributed by atoms with Crippen molar-refractivity contribution in [1.29, 1.82) is 5.26 Å². The number of hydrogen-bond acceptors (Lipinski definition) is 3. The predicted octanol–water partition coefficient (Wildman–Crippen LogP) is 6.72. The molecule has 1 heterocycles. The van der Waals surface area contributed by atoms with Gasteiger partial charge in [-0.25, -0.2) is 9.37 Å². The Labute approximate surface area is 173 Å². The molecule has 0 radical (unpaired) electrons. The van der Waals surface area contributed by atoms with Crippen LogP contribution in [-0.4, -0.2) is 4.98 Å². The molecule has 4 rings (SSSR count). The van der Waals surface area contributed by atoms with Crippen molar-refractivity contribution >= 4 is 11.8 Å². The SMILES string of the molecule is N#Cc1c(-c2ccccc2)cc(-c2ccccc2)nc1SCc1ccccc1F. The standard InChI is InChI=1S/C25H17FN2S/c26-23-14-8-7-13-20(23)17-29-25-22(16-27)21(18-9-3-1-4-10-18)15-24(28-25)19-11-5-2-6-12-19/h1-15H,17H2. The molecule has 0 amide bonds. The van der Waals surface area contributed by atoms with Gasteiger partial charge < -0.3 is 0 Å². The summed E-state index contributed by atoms with van der Waals surface area (Å²) in [6.45, 7) is 0. The molecule has 0 saturated heterocycles. The van der Waals surface area contributed by atoms with E-state index in [0.29, 0.717) is 21.9 Å². The average molecular weight is 396 g/mol. The zero-order valence-electron chi connectivity index (χ0n) is 15.5. The van der Waals surface area contributed by atoms with Crippen LogP contribution in [0.4, 0.5) is 4.39 Å². The molecule has 0 fully saturated rings. The van der Waals surface area contributed by atoms with E-state index in [9.17, 15) is 9.65 Å². The van der Waals surface area contributed by atoms with Gasteiger partial charge in [-0.1, -0.05) is 78.9 Å². The minimum atomic E-state index is -0.249. The molecule has 0 aliphatic heterocycles. The van der Waals surface area contributed by atoms with E-state index in [0.717, 1.165) is 22.4 Å². The maximum absolute atomic E-state index is 14.1. The number of hydrogen-bond donors (Lipinski definition) is 0. The molecule has 3 aromatic carbocycles. The van der Waals surface area contributed by atoms with E-state index in [1.54, 1.807) is 12.1 Å². The van der Waals surface area contributed by atoms with E-state index in [4.69, 9.17) is 4.98 Å². The van der Waals surface area contributed by atoms with Crippen molar-refractivity contribution in [2.75, 3.05) is 0 Å². The summed E-state index contributed by atoms with van der Waals surface area (Å²) in [5, 5.41) is 10.5. The smallest absolute Gasteiger partial charge is 0.127 e. The number of rotatable bonds is 5. The van der Waals surface area contributed by atoms with Crippen LogP contribution in [0, 0.1) is 17.1 Å². The summed E-state index contributed by atoms with van der Waals surface area (Å²) in [7, 11) is 0. The second kappa shape index (κ2) is 8.72. The summed E-state index contributed by atoms with van der Waals surface area (Å²) in [6, 6.07) is 30.6. The summed E-state index contributed by atoms with van der Waals surface area (Å²) in [6.07, 6.45) is 0. The Morgan fingerprint density at radius 1 is 0.828 bits per heavy atom. The van der Waals surface area contributed by atoms with Crippen LogP contribution in [0.2, 0.25) is 0 Å². The van der Waals surface area contributed by atoms with E-state index in [-0.39, 0.29) is 5.82 Å². The van der Waals surface area contributed by atoms with Crippen molar-refractivity contribution in [1.82, 2.24) is 4.98 Å². The lowest BCUT2D eigenvalue weighted by atomic mass is 9.99. The van der Waals surface area contributed by atoms with Crippen LogP contribution in [0.5, 0.6) is 0 Å². The van der Waals surface area contributed by atoms with Crippen molar-refractivity contribution in [2.24, 2.45) is 0 Å². The van der Waals surface area contributed by atoms with Crippen molar-refractivity contribution in [3.05, 3.63) is 108 Å². The number of aromatic nitrogens is 1. The number of nitriles is 1. The van der Waals surface area contributed by atoms with Gasteiger partial charge >= 0.3 is 0 Å². The maximum Gasteiger partial charge on any atom is 0.127 e. The molecule has 4 heteroatoms. The Hall–Kier alpha value is -3.42. The predicted molar refractivity (Wildman–Crippen MR) is 116 cm³/mol. The molecule has 0 aliphatic carbocycles. The molecule has 0 spiro atoms. The second-order valence-electron chi connectivity index (χ2n) is 6.46. The van der Waals surface area contributed by atoms with Gasteiger partial charge in [-0.05, 0) is 23.3 Å². The zero-order valence-corrected chi connectivity index (χ0v) is 16.4. The summed E-state index contributed by atoms with van der Waals surface area (Å²) < 4.78 is 14.1. The number of halogens is 1. The highest BCUT2D eigenvalue weighted by molar-refractivity contribution is 7.98. The van der Waals surface area contributed by atoms with Crippen LogP contribution in [0.1, 0.15) is 11.1 Å². The molecule has 0 bridgehead atoms. The quantitative estimate of drug-likeness (QED) is 0.351. The van der Waals surface area contributed by atoms with Gasteiger partial charge in [0.2, 0.25) is 0 Å². The molecule has 4 aromatic rings. The number of nitrogens with zero attached hydrogens (tertiary/aromatic N) is 2. The Balaban J connectivity index is 1.82. The van der Waals surface area contributed by atoms with Gasteiger partial charge in [-0.3, -0.25) is 0 Å². The third-order valence-corrected chi connectivity index (χ3v) is 5.60. The lowest BCUT2D eigenvalue weighted by Gasteiger charge is -2.13. The summed E-state index contributed by atoms with van der Waals surface area (Å²) in [5.41, 5.74) is 4.66. The fraction of sp³-hybridized carbons (Fsp3) is 0.0400. The molecule has 0 unspecified atom stereocenters. The monoisotopic (exact) mass is 396 g/mol. The fourth-order valence-electron chi connectivity index (χ4n) is 3.10. The van der Waals surface area contributed by atoms with Crippen LogP contribution in [0.25, 0.3) is 22.4 Å². The van der Waals surface area contributed by atoms with Crippen molar-refractivity contribution in [2.45, 2.75) is 10.8 Å². The largest absolute Gasteiger partial charge is 0.240 e. The van der Waals surface area contributed by atoms with Crippen LogP contribution < -0.4 is 0 Å². The molecular formula is C25H17FN2S. The first-order valence-electron chi connectivity index (χ1n) is 9.18. The third kappa shape index (κ3) is 4.21. The van der Waals surface area contributed by atoms with E-state index in [2.05, 4.69) is 6.07 Å². The normalized spacial score (nSPS) is 10.5. The molecule has 0 atom stereocenters. The molecule has 29 heavy (non-hydrogen) atoms. The van der Waals surface area contributed by atoms with Crippen molar-refractivity contribution in [3.63, 3.8) is 0 Å². The van der Waals surface area contributed by atoms with Gasteiger partial charge in [0.15, 0.2) is 0 Å². The van der Waals surface area contributed by atoms with Gasteiger partial charge in [-0.15, -0.1) is 11.8 Å². The van der Waals surface area contributed by atoms with Crippen LogP contribution in [-0.2, 0) is 5.75 Å². The summed E-state index contributed by atoms with van der Waals surface area (Å²) in [4.78, 5) is 4.76. The number of pyridine rings is 1. The highest BCUT2D eigenvalue weighted by Gasteiger charge is 2.16. The lowest BCUT2D eigenvalue weighted by Crippen LogP contribution is -1.96. The van der Waals surface area contributed by atoms with E-state index in [1.165, 1.54) is 17.8 Å². The van der Waals surface area contributed by atoms with Gasteiger partial charge in [0.1, 0.15) is 16.9 Å². The van der Waals surface area contributed by atoms with Gasteiger partial charge in [0.25, 0.3) is 0 Å². The highest BCUT2D eigenvalue weighted by Crippen LogP contribution is 2.35. The van der Waals surface area contributed by atoms with Gasteiger partial charge in [0.05, 0.1) is 11.3 Å². The minimum Gasteiger partial charge on any atom is -0.240 e. The third-order valence-electron chi connectivity index (χ3n) is 4.57. The maximum atomic E-state index is 14.1. The minimum absolute atomic E-state index is 0.249. The number of benzene rings is 3. The van der Waals surface area contributed by atoms with Crippen LogP contribution in [0.15, 0.2) is 96.0 Å². The van der Waals surface area contributed by atoms with Crippen LogP contribution in [0.3, 0.4) is 0 Å². The zero-order chi connectivity index (χ0) is 20.1. The van der Waals surface area contributed by atoms with Crippen LogP contribution >= 0.6 is 11.8 Å². The molecule has 1 aromatic heterocycles. The fourth-order valence-corrected chi connectivity index (χ4v) is 4.09. The molecule has 140 valence electrons. The first-order valence-corrected chi connectivity index (χ1v) is 10.2. The summed E-state index contributed by atoms with van der Waals surface area (Å²) in [5.74, 6) is 0.155. The first-order chi connectivity index (χ1) is 14.3. The Kier molecular flexibility index (Phi) is 5.69. The number of thioether (sulfide) groups is 1. The Morgan fingerprint density at radius 3 is 2.10 bits per heavy atom. The van der Waals surface area contributed by atoms with Gasteiger partial charge in [-0.2, -0.15) is 5.26 Å². The Bertz CT molecular complexity index is 1170. The average Bonchev–Trinajstić information content (AvgIpc) is 2.79. The van der Waals surface area contributed by atoms with E-state index < -0.39 is 0 Å². The molecular weight excluding hydrogens is 379 g/mol. The molecule has 0 saturated carbocycles. The van der Waals surface area contributed by atoms with Gasteiger partial charge in [0, 0.05) is 16.9 Å². The molecule has 0 aliphatic rings. The lowest BCUT2D eigenvalue weighted by molar-refractivity contribution is 0.617. The Morgan fingerprint density at radius 2 is 1.45 bits per heavy atom.